The molecular weight excluding hydrogens is 334 g/mol. The first kappa shape index (κ1) is 18.3. The number of piperidine rings is 2. The Labute approximate surface area is 152 Å². The third kappa shape index (κ3) is 3.67. The third-order valence-corrected chi connectivity index (χ3v) is 5.57. The van der Waals surface area contributed by atoms with Crippen LogP contribution in [0.2, 0.25) is 0 Å². The van der Waals surface area contributed by atoms with E-state index in [0.717, 1.165) is 56.4 Å². The van der Waals surface area contributed by atoms with Gasteiger partial charge in [0, 0.05) is 36.9 Å². The number of anilines is 1. The zero-order valence-corrected chi connectivity index (χ0v) is 14.7. The van der Waals surface area contributed by atoms with Crippen molar-refractivity contribution in [1.82, 2.24) is 10.4 Å². The number of carboxylic acid groups (broad SMARTS) is 1. The number of nitrogens with zero attached hydrogens (tertiary/aromatic N) is 2. The summed E-state index contributed by atoms with van der Waals surface area (Å²) in [5.74, 6) is -0.572. The predicted octanol–water partition coefficient (Wildman–Crippen LogP) is 2.71. The Morgan fingerprint density at radius 3 is 2.50 bits per heavy atom. The average molecular weight is 359 g/mol. The molecule has 7 heteroatoms. The van der Waals surface area contributed by atoms with Gasteiger partial charge in [-0.25, -0.2) is 10.3 Å². The van der Waals surface area contributed by atoms with E-state index in [9.17, 15) is 14.7 Å². The summed E-state index contributed by atoms with van der Waals surface area (Å²) in [7, 11) is 0. The van der Waals surface area contributed by atoms with Gasteiger partial charge in [-0.3, -0.25) is 10.0 Å². The molecule has 2 fully saturated rings. The van der Waals surface area contributed by atoms with Crippen molar-refractivity contribution < 1.29 is 19.9 Å². The zero-order valence-electron chi connectivity index (χ0n) is 14.7. The van der Waals surface area contributed by atoms with Gasteiger partial charge in [-0.2, -0.15) is 0 Å². The van der Waals surface area contributed by atoms with Crippen molar-refractivity contribution >= 4 is 23.8 Å². The minimum absolute atomic E-state index is 0.234. The van der Waals surface area contributed by atoms with E-state index in [-0.39, 0.29) is 5.54 Å². The van der Waals surface area contributed by atoms with Gasteiger partial charge >= 0.3 is 6.09 Å². The molecule has 0 atom stereocenters. The lowest BCUT2D eigenvalue weighted by atomic mass is 9.78. The van der Waals surface area contributed by atoms with Crippen LogP contribution in [0, 0.1) is 0 Å². The number of amides is 2. The van der Waals surface area contributed by atoms with Gasteiger partial charge in [0.05, 0.1) is 0 Å². The number of likely N-dealkylation sites (tertiary alicyclic amines) is 1. The molecule has 0 unspecified atom stereocenters. The second kappa shape index (κ2) is 7.78. The lowest BCUT2D eigenvalue weighted by molar-refractivity contribution is -0.124. The fourth-order valence-electron chi connectivity index (χ4n) is 4.20. The molecule has 2 aliphatic rings. The number of carbonyl (C=O) groups is 2. The van der Waals surface area contributed by atoms with Gasteiger partial charge in [0.25, 0.3) is 5.91 Å². The van der Waals surface area contributed by atoms with E-state index in [2.05, 4.69) is 4.90 Å². The van der Waals surface area contributed by atoms with E-state index in [4.69, 9.17) is 5.21 Å². The zero-order chi connectivity index (χ0) is 18.6. The molecule has 3 N–H and O–H groups in total. The van der Waals surface area contributed by atoms with Crippen LogP contribution in [0.1, 0.15) is 37.7 Å². The highest BCUT2D eigenvalue weighted by Crippen LogP contribution is 2.39. The van der Waals surface area contributed by atoms with Gasteiger partial charge in [0.1, 0.15) is 0 Å². The molecule has 2 saturated heterocycles. The number of rotatable bonds is 3. The molecule has 0 radical (unpaired) electrons. The number of carbonyl (C=O) groups excluding carboxylic acids is 1. The van der Waals surface area contributed by atoms with Crippen molar-refractivity contribution in [3.63, 3.8) is 0 Å². The molecule has 0 bridgehead atoms. The van der Waals surface area contributed by atoms with Crippen LogP contribution < -0.4 is 10.4 Å². The Kier molecular flexibility index (Phi) is 5.46. The first-order chi connectivity index (χ1) is 12.6. The van der Waals surface area contributed by atoms with Crippen LogP contribution in [0.5, 0.6) is 0 Å². The highest BCUT2D eigenvalue weighted by atomic mass is 16.5. The SMILES string of the molecule is O=C(C=Cc1ccccc1N1CCC2(CCCCN2C(=O)O)CC1)NO. The molecule has 0 aromatic heterocycles. The van der Waals surface area contributed by atoms with Gasteiger partial charge in [-0.15, -0.1) is 0 Å². The second-order valence-electron chi connectivity index (χ2n) is 6.97. The van der Waals surface area contributed by atoms with Gasteiger partial charge in [0.15, 0.2) is 0 Å². The minimum Gasteiger partial charge on any atom is -0.465 e. The Bertz CT molecular complexity index is 696. The van der Waals surface area contributed by atoms with Crippen molar-refractivity contribution in [3.8, 4) is 0 Å². The summed E-state index contributed by atoms with van der Waals surface area (Å²) in [4.78, 5) is 26.8. The molecule has 140 valence electrons. The van der Waals surface area contributed by atoms with Crippen LogP contribution in [0.3, 0.4) is 0 Å². The first-order valence-corrected chi connectivity index (χ1v) is 9.02. The van der Waals surface area contributed by atoms with Gasteiger partial charge < -0.3 is 14.9 Å². The molecule has 1 aromatic rings. The predicted molar refractivity (Wildman–Crippen MR) is 98.2 cm³/mol. The maximum atomic E-state index is 11.7. The lowest BCUT2D eigenvalue weighted by Crippen LogP contribution is -2.59. The summed E-state index contributed by atoms with van der Waals surface area (Å²) in [6.45, 7) is 2.19. The summed E-state index contributed by atoms with van der Waals surface area (Å²) < 4.78 is 0. The normalized spacial score (nSPS) is 19.7. The highest BCUT2D eigenvalue weighted by molar-refractivity contribution is 5.91. The fraction of sp³-hybridized carbons (Fsp3) is 0.474. The summed E-state index contributed by atoms with van der Waals surface area (Å²) in [6.07, 6.45) is 6.75. The highest BCUT2D eigenvalue weighted by Gasteiger charge is 2.43. The van der Waals surface area contributed by atoms with Crippen molar-refractivity contribution in [3.05, 3.63) is 35.9 Å². The number of hydrogen-bond donors (Lipinski definition) is 3. The molecule has 1 aromatic carbocycles. The van der Waals surface area contributed by atoms with Gasteiger partial charge in [-0.05, 0) is 49.8 Å². The molecule has 2 heterocycles. The van der Waals surface area contributed by atoms with Crippen LogP contribution in [0.4, 0.5) is 10.5 Å². The van der Waals surface area contributed by atoms with Crippen molar-refractivity contribution in [1.29, 1.82) is 0 Å². The van der Waals surface area contributed by atoms with E-state index in [1.54, 1.807) is 16.5 Å². The minimum atomic E-state index is -0.809. The van der Waals surface area contributed by atoms with Crippen LogP contribution in [-0.2, 0) is 4.79 Å². The van der Waals surface area contributed by atoms with E-state index in [1.807, 2.05) is 24.3 Å². The molecule has 26 heavy (non-hydrogen) atoms. The maximum absolute atomic E-state index is 11.7. The van der Waals surface area contributed by atoms with Crippen molar-refractivity contribution in [2.75, 3.05) is 24.5 Å². The van der Waals surface area contributed by atoms with Gasteiger partial charge in [-0.1, -0.05) is 18.2 Å². The van der Waals surface area contributed by atoms with Crippen LogP contribution in [0.15, 0.2) is 30.3 Å². The standard InChI is InChI=1S/C19H25N3O4/c23-17(20-26)8-7-15-5-1-2-6-16(15)21-13-10-19(11-14-21)9-3-4-12-22(19)18(24)25/h1-2,5-8,26H,3-4,9-14H2,(H,20,23)(H,24,25). The Balaban J connectivity index is 1.75. The Morgan fingerprint density at radius 2 is 1.81 bits per heavy atom. The average Bonchev–Trinajstić information content (AvgIpc) is 2.67. The van der Waals surface area contributed by atoms with Crippen LogP contribution >= 0.6 is 0 Å². The molecule has 2 amide bonds. The first-order valence-electron chi connectivity index (χ1n) is 9.02. The maximum Gasteiger partial charge on any atom is 0.407 e. The summed E-state index contributed by atoms with van der Waals surface area (Å²) >= 11 is 0. The smallest absolute Gasteiger partial charge is 0.407 e. The number of hydrogen-bond acceptors (Lipinski definition) is 4. The van der Waals surface area contributed by atoms with E-state index in [0.29, 0.717) is 6.54 Å². The van der Waals surface area contributed by atoms with Crippen molar-refractivity contribution in [2.24, 2.45) is 0 Å². The Hall–Kier alpha value is -2.54. The molecule has 1 spiro atoms. The number of nitrogens with one attached hydrogen (secondary N) is 1. The third-order valence-electron chi connectivity index (χ3n) is 5.57. The topological polar surface area (TPSA) is 93.1 Å². The van der Waals surface area contributed by atoms with Gasteiger partial charge in [0.2, 0.25) is 0 Å². The van der Waals surface area contributed by atoms with E-state index >= 15 is 0 Å². The quantitative estimate of drug-likeness (QED) is 0.438. The summed E-state index contributed by atoms with van der Waals surface area (Å²) in [6, 6.07) is 7.78. The van der Waals surface area contributed by atoms with Crippen LogP contribution in [0.25, 0.3) is 6.08 Å². The van der Waals surface area contributed by atoms with Crippen molar-refractivity contribution in [2.45, 2.75) is 37.6 Å². The molecule has 0 saturated carbocycles. The summed E-state index contributed by atoms with van der Waals surface area (Å²) in [5, 5.41) is 18.2. The molecular formula is C19H25N3O4. The number of benzene rings is 1. The van der Waals surface area contributed by atoms with Crippen LogP contribution in [-0.4, -0.2) is 52.4 Å². The second-order valence-corrected chi connectivity index (χ2v) is 6.97. The lowest BCUT2D eigenvalue weighted by Gasteiger charge is -2.50. The molecule has 7 nitrogen and oxygen atoms in total. The monoisotopic (exact) mass is 359 g/mol. The summed E-state index contributed by atoms with van der Waals surface area (Å²) in [5.41, 5.74) is 3.26. The fourth-order valence-corrected chi connectivity index (χ4v) is 4.20. The largest absolute Gasteiger partial charge is 0.465 e. The molecule has 2 aliphatic heterocycles. The van der Waals surface area contributed by atoms with E-state index in [1.165, 1.54) is 6.08 Å². The number of hydroxylamine groups is 1. The number of para-hydroxylation sites is 1. The Morgan fingerprint density at radius 1 is 1.08 bits per heavy atom. The molecule has 3 rings (SSSR count). The van der Waals surface area contributed by atoms with E-state index < -0.39 is 12.0 Å². The molecule has 0 aliphatic carbocycles.